The summed E-state index contributed by atoms with van der Waals surface area (Å²) in [6.45, 7) is 0.822. The first kappa shape index (κ1) is 17.9. The molecule has 0 radical (unpaired) electrons. The minimum atomic E-state index is -0.776. The zero-order valence-corrected chi connectivity index (χ0v) is 14.8. The van der Waals surface area contributed by atoms with E-state index in [-0.39, 0.29) is 12.5 Å². The molecular formula is C19H18ClN3O3. The molecule has 26 heavy (non-hydrogen) atoms. The fourth-order valence-electron chi connectivity index (χ4n) is 2.76. The minimum absolute atomic E-state index is 0.0611. The molecule has 2 aromatic rings. The third kappa shape index (κ3) is 4.21. The summed E-state index contributed by atoms with van der Waals surface area (Å²) in [4.78, 5) is 37.6. The number of halogens is 1. The fourth-order valence-corrected chi connectivity index (χ4v) is 2.96. The predicted molar refractivity (Wildman–Crippen MR) is 100.0 cm³/mol. The fraction of sp³-hybridized carbons (Fsp3) is 0.211. The first-order valence-electron chi connectivity index (χ1n) is 8.27. The minimum Gasteiger partial charge on any atom is -0.344 e. The molecule has 0 saturated carbocycles. The summed E-state index contributed by atoms with van der Waals surface area (Å²) >= 11 is 6.02. The molecule has 1 aliphatic rings. The van der Waals surface area contributed by atoms with Gasteiger partial charge in [-0.05, 0) is 36.2 Å². The van der Waals surface area contributed by atoms with Crippen molar-refractivity contribution in [3.05, 3.63) is 59.1 Å². The van der Waals surface area contributed by atoms with Crippen LogP contribution in [0.3, 0.4) is 0 Å². The van der Waals surface area contributed by atoms with Crippen molar-refractivity contribution in [2.75, 3.05) is 16.8 Å². The van der Waals surface area contributed by atoms with Crippen LogP contribution in [0.4, 0.5) is 11.4 Å². The third-order valence-corrected chi connectivity index (χ3v) is 4.46. The Morgan fingerprint density at radius 2 is 1.88 bits per heavy atom. The number of nitrogens with one attached hydrogen (secondary N) is 2. The van der Waals surface area contributed by atoms with Crippen LogP contribution >= 0.6 is 11.6 Å². The van der Waals surface area contributed by atoms with Crippen molar-refractivity contribution in [3.8, 4) is 0 Å². The van der Waals surface area contributed by atoms with Gasteiger partial charge in [0, 0.05) is 35.9 Å². The zero-order chi connectivity index (χ0) is 18.5. The number of carbonyl (C=O) groups excluding carboxylic acids is 3. The quantitative estimate of drug-likeness (QED) is 0.811. The number of hydrogen-bond donors (Lipinski definition) is 2. The Labute approximate surface area is 156 Å². The van der Waals surface area contributed by atoms with Crippen molar-refractivity contribution in [1.82, 2.24) is 5.32 Å². The van der Waals surface area contributed by atoms with Gasteiger partial charge in [0.15, 0.2) is 0 Å². The Balaban J connectivity index is 1.60. The van der Waals surface area contributed by atoms with E-state index in [1.54, 1.807) is 53.4 Å². The molecule has 0 atom stereocenters. The van der Waals surface area contributed by atoms with Gasteiger partial charge in [0.25, 0.3) is 0 Å². The molecule has 0 spiro atoms. The molecule has 0 aliphatic carbocycles. The van der Waals surface area contributed by atoms with Gasteiger partial charge in [-0.3, -0.25) is 14.4 Å². The molecule has 6 nitrogen and oxygen atoms in total. The van der Waals surface area contributed by atoms with Crippen LogP contribution in [-0.4, -0.2) is 24.3 Å². The van der Waals surface area contributed by atoms with E-state index in [2.05, 4.69) is 10.6 Å². The largest absolute Gasteiger partial charge is 0.344 e. The second-order valence-electron chi connectivity index (χ2n) is 5.93. The lowest BCUT2D eigenvalue weighted by Crippen LogP contribution is -2.35. The molecular weight excluding hydrogens is 354 g/mol. The number of rotatable bonds is 4. The average Bonchev–Trinajstić information content (AvgIpc) is 3.07. The highest BCUT2D eigenvalue weighted by atomic mass is 35.5. The zero-order valence-electron chi connectivity index (χ0n) is 14.0. The van der Waals surface area contributed by atoms with Crippen LogP contribution < -0.4 is 15.5 Å². The Hall–Kier alpha value is -2.86. The van der Waals surface area contributed by atoms with Crippen LogP contribution in [0.25, 0.3) is 0 Å². The lowest BCUT2D eigenvalue weighted by atomic mass is 10.2. The molecule has 0 aromatic heterocycles. The lowest BCUT2D eigenvalue weighted by Gasteiger charge is -2.16. The van der Waals surface area contributed by atoms with Crippen molar-refractivity contribution < 1.29 is 14.4 Å². The summed E-state index contributed by atoms with van der Waals surface area (Å²) in [5.74, 6) is -1.47. The molecule has 3 rings (SSSR count). The summed E-state index contributed by atoms with van der Waals surface area (Å²) in [7, 11) is 0. The van der Waals surface area contributed by atoms with E-state index in [1.165, 1.54) is 0 Å². The van der Waals surface area contributed by atoms with Crippen LogP contribution in [0, 0.1) is 0 Å². The van der Waals surface area contributed by atoms with E-state index in [1.807, 2.05) is 0 Å². The number of carbonyl (C=O) groups is 3. The molecule has 2 aromatic carbocycles. The van der Waals surface area contributed by atoms with Crippen molar-refractivity contribution in [2.45, 2.75) is 19.4 Å². The molecule has 3 amide bonds. The Morgan fingerprint density at radius 3 is 2.62 bits per heavy atom. The van der Waals surface area contributed by atoms with Crippen LogP contribution in [0.1, 0.15) is 18.4 Å². The standard InChI is InChI=1S/C19H18ClN3O3/c20-16-8-2-1-5-13(16)12-21-18(25)19(26)22-14-6-3-7-15(11-14)23-10-4-9-17(23)24/h1-3,5-8,11H,4,9-10,12H2,(H,21,25)(H,22,26). The highest BCUT2D eigenvalue weighted by Crippen LogP contribution is 2.24. The lowest BCUT2D eigenvalue weighted by molar-refractivity contribution is -0.136. The van der Waals surface area contributed by atoms with E-state index < -0.39 is 11.8 Å². The van der Waals surface area contributed by atoms with Gasteiger partial charge in [-0.1, -0.05) is 35.9 Å². The molecule has 7 heteroatoms. The predicted octanol–water partition coefficient (Wildman–Crippen LogP) is 2.72. The first-order chi connectivity index (χ1) is 12.5. The molecule has 1 heterocycles. The number of benzene rings is 2. The maximum atomic E-state index is 12.1. The molecule has 1 aliphatic heterocycles. The smallest absolute Gasteiger partial charge is 0.313 e. The molecule has 0 unspecified atom stereocenters. The van der Waals surface area contributed by atoms with Crippen LogP contribution in [0.5, 0.6) is 0 Å². The Morgan fingerprint density at radius 1 is 1.08 bits per heavy atom. The van der Waals surface area contributed by atoms with Gasteiger partial charge in [0.05, 0.1) is 0 Å². The van der Waals surface area contributed by atoms with Crippen molar-refractivity contribution in [3.63, 3.8) is 0 Å². The van der Waals surface area contributed by atoms with Gasteiger partial charge in [0.1, 0.15) is 0 Å². The van der Waals surface area contributed by atoms with E-state index in [0.29, 0.717) is 29.4 Å². The van der Waals surface area contributed by atoms with Crippen LogP contribution in [0.15, 0.2) is 48.5 Å². The van der Waals surface area contributed by atoms with Gasteiger partial charge in [0.2, 0.25) is 5.91 Å². The maximum Gasteiger partial charge on any atom is 0.313 e. The summed E-state index contributed by atoms with van der Waals surface area (Å²) in [5, 5.41) is 5.61. The van der Waals surface area contributed by atoms with E-state index in [0.717, 1.165) is 12.0 Å². The van der Waals surface area contributed by atoms with Crippen molar-refractivity contribution >= 4 is 40.7 Å². The van der Waals surface area contributed by atoms with Gasteiger partial charge in [-0.15, -0.1) is 0 Å². The Kier molecular flexibility index (Phi) is 5.53. The van der Waals surface area contributed by atoms with Crippen LogP contribution in [-0.2, 0) is 20.9 Å². The number of amides is 3. The highest BCUT2D eigenvalue weighted by molar-refractivity contribution is 6.39. The number of hydrogen-bond acceptors (Lipinski definition) is 3. The summed E-state index contributed by atoms with van der Waals surface area (Å²) in [5.41, 5.74) is 1.90. The molecule has 2 N–H and O–H groups in total. The number of nitrogens with zero attached hydrogens (tertiary/aromatic N) is 1. The average molecular weight is 372 g/mol. The maximum absolute atomic E-state index is 12.1. The molecule has 134 valence electrons. The summed E-state index contributed by atoms with van der Waals surface area (Å²) < 4.78 is 0. The van der Waals surface area contributed by atoms with E-state index in [4.69, 9.17) is 11.6 Å². The van der Waals surface area contributed by atoms with E-state index in [9.17, 15) is 14.4 Å². The van der Waals surface area contributed by atoms with Gasteiger partial charge >= 0.3 is 11.8 Å². The highest BCUT2D eigenvalue weighted by Gasteiger charge is 2.22. The Bertz CT molecular complexity index is 853. The van der Waals surface area contributed by atoms with Crippen LogP contribution in [0.2, 0.25) is 5.02 Å². The summed E-state index contributed by atoms with van der Waals surface area (Å²) in [6.07, 6.45) is 1.35. The molecule has 0 bridgehead atoms. The first-order valence-corrected chi connectivity index (χ1v) is 8.65. The second-order valence-corrected chi connectivity index (χ2v) is 6.33. The van der Waals surface area contributed by atoms with Gasteiger partial charge in [-0.25, -0.2) is 0 Å². The summed E-state index contributed by atoms with van der Waals surface area (Å²) in [6, 6.07) is 14.0. The monoisotopic (exact) mass is 371 g/mol. The number of anilines is 2. The van der Waals surface area contributed by atoms with Crippen molar-refractivity contribution in [2.24, 2.45) is 0 Å². The van der Waals surface area contributed by atoms with Crippen molar-refractivity contribution in [1.29, 1.82) is 0 Å². The van der Waals surface area contributed by atoms with Gasteiger partial charge in [-0.2, -0.15) is 0 Å². The SMILES string of the molecule is O=C(NCc1ccccc1Cl)C(=O)Nc1cccc(N2CCCC2=O)c1. The van der Waals surface area contributed by atoms with E-state index >= 15 is 0 Å². The normalized spacial score (nSPS) is 13.6. The second kappa shape index (κ2) is 8.01. The topological polar surface area (TPSA) is 78.5 Å². The molecule has 1 saturated heterocycles. The third-order valence-electron chi connectivity index (χ3n) is 4.09. The molecule has 1 fully saturated rings. The van der Waals surface area contributed by atoms with Gasteiger partial charge < -0.3 is 15.5 Å².